The number of carbonyl (C=O) groups excluding carboxylic acids is 2. The number of ether oxygens (including phenoxy) is 1. The minimum atomic E-state index is -0.558. The number of nitrogens with two attached hydrogens (primary N) is 1. The van der Waals surface area contributed by atoms with Gasteiger partial charge in [0.15, 0.2) is 0 Å². The molecule has 1 aliphatic heterocycles. The first kappa shape index (κ1) is 22.5. The molecule has 2 aliphatic rings. The predicted molar refractivity (Wildman–Crippen MR) is 125 cm³/mol. The number of rotatable bonds is 3. The molecule has 3 N–H and O–H groups in total. The van der Waals surface area contributed by atoms with Crippen LogP contribution in [0.5, 0.6) is 0 Å². The molecule has 8 nitrogen and oxygen atoms in total. The van der Waals surface area contributed by atoms with Crippen molar-refractivity contribution in [1.82, 2.24) is 14.5 Å². The van der Waals surface area contributed by atoms with Gasteiger partial charge in [-0.25, -0.2) is 9.31 Å². The maximum Gasteiger partial charge on any atom is 0.410 e. The Morgan fingerprint density at radius 2 is 2.16 bits per heavy atom. The Bertz CT molecular complexity index is 1130. The van der Waals surface area contributed by atoms with E-state index in [0.717, 1.165) is 16.4 Å². The Balaban J connectivity index is 1.61. The zero-order chi connectivity index (χ0) is 23.4. The van der Waals surface area contributed by atoms with E-state index in [1.807, 2.05) is 33.0 Å². The number of carbonyl (C=O) groups is 2. The zero-order valence-electron chi connectivity index (χ0n) is 18.7. The Labute approximate surface area is 196 Å². The van der Waals surface area contributed by atoms with Crippen molar-refractivity contribution in [2.45, 2.75) is 45.8 Å². The molecule has 2 aromatic rings. The number of terminal acetylenes is 1. The molecule has 3 heterocycles. The Morgan fingerprint density at radius 3 is 2.75 bits per heavy atom. The number of likely N-dealkylation sites (tertiary alicyclic amines) is 1. The van der Waals surface area contributed by atoms with Crippen molar-refractivity contribution in [1.29, 1.82) is 0 Å². The first-order chi connectivity index (χ1) is 14.9. The van der Waals surface area contributed by atoms with Crippen molar-refractivity contribution in [2.24, 2.45) is 23.0 Å². The van der Waals surface area contributed by atoms with Crippen LogP contribution in [0.25, 0.3) is 5.52 Å². The Hall–Kier alpha value is -2.73. The Morgan fingerprint density at radius 1 is 1.44 bits per heavy atom. The molecule has 2 fully saturated rings. The normalized spacial score (nSPS) is 27.2. The van der Waals surface area contributed by atoms with Crippen LogP contribution in [0, 0.1) is 29.6 Å². The molecule has 2 amide bonds. The van der Waals surface area contributed by atoms with Crippen LogP contribution in [0.1, 0.15) is 44.5 Å². The third kappa shape index (κ3) is 3.71. The van der Waals surface area contributed by atoms with Gasteiger partial charge in [0, 0.05) is 29.8 Å². The van der Waals surface area contributed by atoms with E-state index in [-0.39, 0.29) is 24.0 Å². The molecule has 1 aliphatic carbocycles. The van der Waals surface area contributed by atoms with Crippen molar-refractivity contribution in [3.63, 3.8) is 0 Å². The molecule has 0 aromatic carbocycles. The fraction of sp³-hybridized carbons (Fsp3) is 0.522. The molecule has 2 aromatic heterocycles. The second-order valence-electron chi connectivity index (χ2n) is 9.80. The van der Waals surface area contributed by atoms with E-state index < -0.39 is 16.9 Å². The number of anilines is 1. The number of aromatic nitrogens is 2. The van der Waals surface area contributed by atoms with Gasteiger partial charge in [0.05, 0.1) is 28.4 Å². The average molecular weight is 502 g/mol. The summed E-state index contributed by atoms with van der Waals surface area (Å²) in [7, 11) is 0. The highest BCUT2D eigenvalue weighted by atomic mass is 79.9. The first-order valence-corrected chi connectivity index (χ1v) is 11.4. The molecule has 0 spiro atoms. The molecule has 1 saturated carbocycles. The van der Waals surface area contributed by atoms with E-state index >= 15 is 0 Å². The fourth-order valence-electron chi connectivity index (χ4n) is 5.10. The lowest BCUT2D eigenvalue weighted by molar-refractivity contribution is 0.0268. The average Bonchev–Trinajstić information content (AvgIpc) is 3.32. The fourth-order valence-corrected chi connectivity index (χ4v) is 5.51. The van der Waals surface area contributed by atoms with Crippen molar-refractivity contribution in [2.75, 3.05) is 18.4 Å². The maximum atomic E-state index is 12.7. The van der Waals surface area contributed by atoms with Gasteiger partial charge in [-0.1, -0.05) is 12.8 Å². The molecule has 1 saturated heterocycles. The summed E-state index contributed by atoms with van der Waals surface area (Å²) in [5, 5.41) is 7.83. The van der Waals surface area contributed by atoms with Crippen LogP contribution in [0.4, 0.5) is 10.5 Å². The van der Waals surface area contributed by atoms with Gasteiger partial charge < -0.3 is 20.7 Å². The summed E-state index contributed by atoms with van der Waals surface area (Å²) in [6.07, 6.45) is 9.80. The second-order valence-corrected chi connectivity index (χ2v) is 10.7. The number of primary amides is 1. The highest BCUT2D eigenvalue weighted by molar-refractivity contribution is 9.10. The van der Waals surface area contributed by atoms with Gasteiger partial charge in [-0.2, -0.15) is 5.10 Å². The molecule has 4 atom stereocenters. The molecule has 9 heteroatoms. The number of hydrogen-bond acceptors (Lipinski definition) is 5. The minimum absolute atomic E-state index is 0.00909. The predicted octanol–water partition coefficient (Wildman–Crippen LogP) is 3.50. The van der Waals surface area contributed by atoms with Crippen LogP contribution >= 0.6 is 15.9 Å². The summed E-state index contributed by atoms with van der Waals surface area (Å²) in [5.74, 6) is 2.66. The van der Waals surface area contributed by atoms with Crippen LogP contribution in [-0.4, -0.2) is 51.2 Å². The van der Waals surface area contributed by atoms with E-state index in [1.165, 1.54) is 6.20 Å². The number of nitrogens with zero attached hydrogens (tertiary/aromatic N) is 3. The second kappa shape index (κ2) is 7.69. The van der Waals surface area contributed by atoms with Gasteiger partial charge in [0.1, 0.15) is 5.60 Å². The highest BCUT2D eigenvalue weighted by Gasteiger charge is 2.58. The number of nitrogens with one attached hydrogen (secondary N) is 1. The quantitative estimate of drug-likeness (QED) is 0.626. The monoisotopic (exact) mass is 501 g/mol. The standard InChI is InChI=1S/C23H28BrN5O3/c1-6-23-12-28(21(31)32-22(3,4)5)10-14(23)7-17(13(23)2)27-19-16(20(25)30)9-26-29-11-15(24)8-18(19)29/h1,8-9,11,13-14,17,27H,7,10,12H2,2-5H3,(H2,25,30). The van der Waals surface area contributed by atoms with Crippen LogP contribution in [0.2, 0.25) is 0 Å². The van der Waals surface area contributed by atoms with Gasteiger partial charge in [-0.3, -0.25) is 4.79 Å². The topological polar surface area (TPSA) is 102 Å². The van der Waals surface area contributed by atoms with Gasteiger partial charge in [0.25, 0.3) is 5.91 Å². The maximum absolute atomic E-state index is 12.7. The van der Waals surface area contributed by atoms with E-state index in [9.17, 15) is 9.59 Å². The van der Waals surface area contributed by atoms with Gasteiger partial charge in [-0.15, -0.1) is 6.42 Å². The lowest BCUT2D eigenvalue weighted by Gasteiger charge is -2.32. The van der Waals surface area contributed by atoms with E-state index in [0.29, 0.717) is 24.3 Å². The van der Waals surface area contributed by atoms with Crippen molar-refractivity contribution >= 4 is 39.1 Å². The molecule has 170 valence electrons. The van der Waals surface area contributed by atoms with Gasteiger partial charge >= 0.3 is 6.09 Å². The summed E-state index contributed by atoms with van der Waals surface area (Å²) in [6, 6.07) is 1.90. The van der Waals surface area contributed by atoms with Crippen molar-refractivity contribution in [3.8, 4) is 12.3 Å². The Kier molecular flexibility index (Phi) is 5.40. The summed E-state index contributed by atoms with van der Waals surface area (Å²) in [6.45, 7) is 8.67. The van der Waals surface area contributed by atoms with E-state index in [1.54, 1.807) is 9.42 Å². The van der Waals surface area contributed by atoms with Crippen LogP contribution in [-0.2, 0) is 4.74 Å². The molecule has 4 rings (SSSR count). The molecule has 0 bridgehead atoms. The SMILES string of the molecule is C#CC12CN(C(=O)OC(C)(C)C)CC1CC(Nc1c(C(N)=O)cnn3cc(Br)cc13)C2C. The summed E-state index contributed by atoms with van der Waals surface area (Å²) in [5.41, 5.74) is 6.34. The molecule has 0 radical (unpaired) electrons. The highest BCUT2D eigenvalue weighted by Crippen LogP contribution is 2.53. The third-order valence-electron chi connectivity index (χ3n) is 6.70. The van der Waals surface area contributed by atoms with Gasteiger partial charge in [-0.05, 0) is 61.0 Å². The van der Waals surface area contributed by atoms with Crippen LogP contribution < -0.4 is 11.1 Å². The zero-order valence-corrected chi connectivity index (χ0v) is 20.3. The first-order valence-electron chi connectivity index (χ1n) is 10.6. The summed E-state index contributed by atoms with van der Waals surface area (Å²) >= 11 is 3.46. The van der Waals surface area contributed by atoms with Gasteiger partial charge in [0.2, 0.25) is 0 Å². The summed E-state index contributed by atoms with van der Waals surface area (Å²) in [4.78, 5) is 26.5. The summed E-state index contributed by atoms with van der Waals surface area (Å²) < 4.78 is 8.11. The largest absolute Gasteiger partial charge is 0.444 e. The molecule has 4 unspecified atom stereocenters. The van der Waals surface area contributed by atoms with Crippen molar-refractivity contribution in [3.05, 3.63) is 28.5 Å². The minimum Gasteiger partial charge on any atom is -0.444 e. The molecule has 32 heavy (non-hydrogen) atoms. The number of halogens is 1. The number of hydrogen-bond donors (Lipinski definition) is 2. The van der Waals surface area contributed by atoms with Crippen LogP contribution in [0.15, 0.2) is 22.9 Å². The van der Waals surface area contributed by atoms with E-state index in [4.69, 9.17) is 16.9 Å². The van der Waals surface area contributed by atoms with Crippen LogP contribution in [0.3, 0.4) is 0 Å². The number of fused-ring (bicyclic) bond motifs is 2. The molecular weight excluding hydrogens is 474 g/mol. The molecular formula is C23H28BrN5O3. The number of amides is 2. The lowest BCUT2D eigenvalue weighted by Crippen LogP contribution is -2.40. The smallest absolute Gasteiger partial charge is 0.410 e. The van der Waals surface area contributed by atoms with Crippen molar-refractivity contribution < 1.29 is 14.3 Å². The van der Waals surface area contributed by atoms with E-state index in [2.05, 4.69) is 39.2 Å². The third-order valence-corrected chi connectivity index (χ3v) is 7.13. The lowest BCUT2D eigenvalue weighted by atomic mass is 9.75.